The van der Waals surface area contributed by atoms with Crippen LogP contribution in [0.1, 0.15) is 50.7 Å². The molecule has 1 aliphatic rings. The van der Waals surface area contributed by atoms with Crippen LogP contribution in [0, 0.1) is 0 Å². The number of benzene rings is 2. The maximum atomic E-state index is 6.16. The lowest BCUT2D eigenvalue weighted by Crippen LogP contribution is -2.11. The monoisotopic (exact) mass is 405 g/mol. The lowest BCUT2D eigenvalue weighted by molar-refractivity contribution is 0.200. The average molecular weight is 406 g/mol. The fraction of sp³-hybridized carbons (Fsp3) is 0.370. The van der Waals surface area contributed by atoms with E-state index in [1.807, 2.05) is 68.7 Å². The second kappa shape index (κ2) is 14.2. The number of methoxy groups -OCH3 is 1. The molecule has 0 bridgehead atoms. The predicted molar refractivity (Wildman–Crippen MR) is 125 cm³/mol. The Morgan fingerprint density at radius 3 is 1.90 bits per heavy atom. The lowest BCUT2D eigenvalue weighted by Gasteiger charge is -2.17. The zero-order chi connectivity index (χ0) is 21.4. The molecule has 30 heavy (non-hydrogen) atoms. The number of aryl methyl sites for hydroxylation is 2. The van der Waals surface area contributed by atoms with Crippen LogP contribution in [0.4, 0.5) is 0 Å². The molecule has 1 aromatic heterocycles. The van der Waals surface area contributed by atoms with E-state index in [2.05, 4.69) is 29.2 Å². The molecular weight excluding hydrogens is 370 g/mol. The third kappa shape index (κ3) is 8.28. The van der Waals surface area contributed by atoms with Crippen LogP contribution in [0.3, 0.4) is 0 Å². The lowest BCUT2D eigenvalue weighted by atomic mass is 10.0. The largest absolute Gasteiger partial charge is 0.493 e. The summed E-state index contributed by atoms with van der Waals surface area (Å²) in [6.07, 6.45) is 10.9. The molecular formula is C27H35NO2. The van der Waals surface area contributed by atoms with E-state index in [0.717, 1.165) is 37.2 Å². The highest BCUT2D eigenvalue weighted by atomic mass is 16.5. The number of aromatic nitrogens is 1. The number of ether oxygens (including phenoxy) is 2. The molecule has 1 heterocycles. The van der Waals surface area contributed by atoms with Crippen LogP contribution in [0.5, 0.6) is 11.5 Å². The number of pyridine rings is 1. The Bertz CT molecular complexity index is 773. The molecule has 3 aromatic rings. The second-order valence-corrected chi connectivity index (χ2v) is 7.02. The highest BCUT2D eigenvalue weighted by Gasteiger charge is 2.18. The van der Waals surface area contributed by atoms with E-state index in [-0.39, 0.29) is 0 Å². The Hall–Kier alpha value is -2.81. The first-order valence-electron chi connectivity index (χ1n) is 11.1. The van der Waals surface area contributed by atoms with E-state index in [1.54, 1.807) is 7.11 Å². The minimum absolute atomic E-state index is 0.351. The summed E-state index contributed by atoms with van der Waals surface area (Å²) in [6.45, 7) is 4.00. The Morgan fingerprint density at radius 1 is 0.767 bits per heavy atom. The van der Waals surface area contributed by atoms with Gasteiger partial charge in [0.05, 0.1) is 13.2 Å². The van der Waals surface area contributed by atoms with Crippen molar-refractivity contribution in [3.63, 3.8) is 0 Å². The molecule has 3 nitrogen and oxygen atoms in total. The maximum Gasteiger partial charge on any atom is 0.161 e. The molecule has 0 spiro atoms. The highest BCUT2D eigenvalue weighted by Crippen LogP contribution is 2.32. The van der Waals surface area contributed by atoms with Crippen molar-refractivity contribution in [3.8, 4) is 11.5 Å². The van der Waals surface area contributed by atoms with E-state index in [9.17, 15) is 0 Å². The number of hydrogen-bond acceptors (Lipinski definition) is 3. The Kier molecular flexibility index (Phi) is 11.1. The van der Waals surface area contributed by atoms with Gasteiger partial charge in [0.15, 0.2) is 11.5 Å². The molecule has 0 saturated heterocycles. The quantitative estimate of drug-likeness (QED) is 0.446. The molecule has 2 aromatic carbocycles. The number of rotatable bonds is 6. The van der Waals surface area contributed by atoms with Gasteiger partial charge in [0.1, 0.15) is 0 Å². The Labute approximate surface area is 182 Å². The van der Waals surface area contributed by atoms with Crippen LogP contribution in [0.2, 0.25) is 0 Å². The topological polar surface area (TPSA) is 31.4 Å². The van der Waals surface area contributed by atoms with Crippen LogP contribution in [0.15, 0.2) is 79.1 Å². The van der Waals surface area contributed by atoms with Crippen molar-refractivity contribution in [2.24, 2.45) is 0 Å². The summed E-state index contributed by atoms with van der Waals surface area (Å²) in [5, 5.41) is 0. The van der Waals surface area contributed by atoms with E-state index >= 15 is 0 Å². The number of nitrogens with zero attached hydrogens (tertiary/aromatic N) is 1. The summed E-state index contributed by atoms with van der Waals surface area (Å²) < 4.78 is 11.6. The van der Waals surface area contributed by atoms with Crippen molar-refractivity contribution in [3.05, 3.63) is 90.3 Å². The SMILES string of the molecule is CC.COc1ccc(CCc2ccncc2)cc1OC1CCCC1.c1ccccc1. The van der Waals surface area contributed by atoms with Crippen molar-refractivity contribution < 1.29 is 9.47 Å². The van der Waals surface area contributed by atoms with E-state index in [0.29, 0.717) is 6.10 Å². The second-order valence-electron chi connectivity index (χ2n) is 7.02. The van der Waals surface area contributed by atoms with Gasteiger partial charge >= 0.3 is 0 Å². The fourth-order valence-electron chi connectivity index (χ4n) is 3.38. The van der Waals surface area contributed by atoms with E-state index in [4.69, 9.17) is 9.47 Å². The Morgan fingerprint density at radius 2 is 1.33 bits per heavy atom. The third-order valence-electron chi connectivity index (χ3n) is 4.94. The summed E-state index contributed by atoms with van der Waals surface area (Å²) in [6, 6.07) is 22.4. The third-order valence-corrected chi connectivity index (χ3v) is 4.94. The number of hydrogen-bond donors (Lipinski definition) is 0. The zero-order valence-corrected chi connectivity index (χ0v) is 18.6. The summed E-state index contributed by atoms with van der Waals surface area (Å²) in [7, 11) is 1.70. The summed E-state index contributed by atoms with van der Waals surface area (Å²) in [5.74, 6) is 1.72. The molecule has 0 N–H and O–H groups in total. The van der Waals surface area contributed by atoms with E-state index < -0.39 is 0 Å². The van der Waals surface area contributed by atoms with Gasteiger partial charge in [-0.05, 0) is 73.9 Å². The first-order valence-corrected chi connectivity index (χ1v) is 11.1. The summed E-state index contributed by atoms with van der Waals surface area (Å²) in [4.78, 5) is 4.06. The van der Waals surface area contributed by atoms with Gasteiger partial charge < -0.3 is 9.47 Å². The zero-order valence-electron chi connectivity index (χ0n) is 18.6. The van der Waals surface area contributed by atoms with Gasteiger partial charge in [0.25, 0.3) is 0 Å². The standard InChI is InChI=1S/C19H23NO2.C6H6.C2H6/c1-21-18-9-8-16(7-6-15-10-12-20-13-11-15)14-19(18)22-17-4-2-3-5-17;1-2-4-6-5-3-1;1-2/h8-14,17H,2-7H2,1H3;1-6H;1-2H3. The smallest absolute Gasteiger partial charge is 0.161 e. The van der Waals surface area contributed by atoms with Gasteiger partial charge in [0.2, 0.25) is 0 Å². The molecule has 0 aliphatic heterocycles. The van der Waals surface area contributed by atoms with Crippen LogP contribution in [-0.4, -0.2) is 18.2 Å². The van der Waals surface area contributed by atoms with Crippen molar-refractivity contribution in [2.45, 2.75) is 58.5 Å². The summed E-state index contributed by atoms with van der Waals surface area (Å²) >= 11 is 0. The summed E-state index contributed by atoms with van der Waals surface area (Å²) in [5.41, 5.74) is 2.59. The Balaban J connectivity index is 0.000000340. The van der Waals surface area contributed by atoms with Gasteiger partial charge in [-0.3, -0.25) is 4.98 Å². The molecule has 160 valence electrons. The van der Waals surface area contributed by atoms with Crippen molar-refractivity contribution >= 4 is 0 Å². The molecule has 0 amide bonds. The van der Waals surface area contributed by atoms with E-state index in [1.165, 1.54) is 24.0 Å². The average Bonchev–Trinajstić information content (AvgIpc) is 3.34. The minimum atomic E-state index is 0.351. The molecule has 4 rings (SSSR count). The first-order chi connectivity index (χ1) is 14.8. The minimum Gasteiger partial charge on any atom is -0.493 e. The van der Waals surface area contributed by atoms with Crippen LogP contribution in [-0.2, 0) is 12.8 Å². The van der Waals surface area contributed by atoms with Crippen LogP contribution < -0.4 is 9.47 Å². The maximum absolute atomic E-state index is 6.16. The molecule has 0 atom stereocenters. The first kappa shape index (κ1) is 23.5. The van der Waals surface area contributed by atoms with Crippen molar-refractivity contribution in [2.75, 3.05) is 7.11 Å². The van der Waals surface area contributed by atoms with Gasteiger partial charge in [-0.15, -0.1) is 0 Å². The van der Waals surface area contributed by atoms with Crippen molar-refractivity contribution in [1.82, 2.24) is 4.98 Å². The van der Waals surface area contributed by atoms with Crippen molar-refractivity contribution in [1.29, 1.82) is 0 Å². The van der Waals surface area contributed by atoms with Gasteiger partial charge in [-0.25, -0.2) is 0 Å². The van der Waals surface area contributed by atoms with Gasteiger partial charge in [-0.2, -0.15) is 0 Å². The molecule has 0 unspecified atom stereocenters. The molecule has 1 saturated carbocycles. The van der Waals surface area contributed by atoms with Gasteiger partial charge in [-0.1, -0.05) is 56.3 Å². The molecule has 3 heteroatoms. The molecule has 1 fully saturated rings. The molecule has 0 radical (unpaired) electrons. The highest BCUT2D eigenvalue weighted by molar-refractivity contribution is 5.43. The fourth-order valence-corrected chi connectivity index (χ4v) is 3.38. The van der Waals surface area contributed by atoms with Gasteiger partial charge in [0, 0.05) is 12.4 Å². The molecule has 1 aliphatic carbocycles. The van der Waals surface area contributed by atoms with Crippen LogP contribution >= 0.6 is 0 Å². The normalized spacial score (nSPS) is 12.8. The predicted octanol–water partition coefficient (Wildman–Crippen LogP) is 6.91. The van der Waals surface area contributed by atoms with Crippen LogP contribution in [0.25, 0.3) is 0 Å².